The van der Waals surface area contributed by atoms with Crippen molar-refractivity contribution < 1.29 is 9.59 Å². The molecule has 0 spiro atoms. The molecule has 8 heteroatoms. The molecule has 0 bridgehead atoms. The number of anilines is 1. The van der Waals surface area contributed by atoms with Crippen LogP contribution < -0.4 is 10.6 Å². The van der Waals surface area contributed by atoms with Gasteiger partial charge >= 0.3 is 0 Å². The minimum absolute atomic E-state index is 0.268. The molecule has 0 saturated heterocycles. The SMILES string of the molecule is C[C@@H](SC1=C(C#N)C(C)(C)[C@@H](C#N)C(=O)N1)C(=O)Nc1cccc(C#N)c1. The van der Waals surface area contributed by atoms with Gasteiger partial charge in [0, 0.05) is 11.1 Å². The van der Waals surface area contributed by atoms with Crippen molar-refractivity contribution in [2.24, 2.45) is 11.3 Å². The lowest BCUT2D eigenvalue weighted by molar-refractivity contribution is -0.125. The van der Waals surface area contributed by atoms with Crippen LogP contribution in [0.15, 0.2) is 34.9 Å². The van der Waals surface area contributed by atoms with E-state index in [0.29, 0.717) is 11.3 Å². The van der Waals surface area contributed by atoms with E-state index >= 15 is 0 Å². The van der Waals surface area contributed by atoms with Crippen LogP contribution in [0.4, 0.5) is 5.69 Å². The lowest BCUT2D eigenvalue weighted by Gasteiger charge is -2.35. The summed E-state index contributed by atoms with van der Waals surface area (Å²) in [5, 5.41) is 32.6. The van der Waals surface area contributed by atoms with Gasteiger partial charge in [0.05, 0.1) is 39.6 Å². The largest absolute Gasteiger partial charge is 0.325 e. The summed E-state index contributed by atoms with van der Waals surface area (Å²) in [6.07, 6.45) is 0. The maximum absolute atomic E-state index is 12.5. The van der Waals surface area contributed by atoms with Gasteiger partial charge in [0.2, 0.25) is 11.8 Å². The fourth-order valence-electron chi connectivity index (χ4n) is 2.66. The average molecular weight is 379 g/mol. The minimum Gasteiger partial charge on any atom is -0.325 e. The van der Waals surface area contributed by atoms with Crippen molar-refractivity contribution in [2.75, 3.05) is 5.32 Å². The monoisotopic (exact) mass is 379 g/mol. The predicted octanol–water partition coefficient (Wildman–Crippen LogP) is 2.65. The number of carbonyl (C=O) groups is 2. The van der Waals surface area contributed by atoms with Crippen LogP contribution in [0.3, 0.4) is 0 Å². The van der Waals surface area contributed by atoms with E-state index in [9.17, 15) is 20.1 Å². The Balaban J connectivity index is 2.21. The molecule has 2 N–H and O–H groups in total. The van der Waals surface area contributed by atoms with Crippen molar-refractivity contribution in [1.82, 2.24) is 5.32 Å². The summed E-state index contributed by atoms with van der Waals surface area (Å²) in [5.41, 5.74) is 0.223. The van der Waals surface area contributed by atoms with Crippen molar-refractivity contribution in [3.05, 3.63) is 40.4 Å². The van der Waals surface area contributed by atoms with Gasteiger partial charge in [0.25, 0.3) is 0 Å². The molecule has 1 heterocycles. The van der Waals surface area contributed by atoms with E-state index in [0.717, 1.165) is 11.8 Å². The van der Waals surface area contributed by atoms with Crippen LogP contribution in [0.25, 0.3) is 0 Å². The Kier molecular flexibility index (Phi) is 5.90. The van der Waals surface area contributed by atoms with Crippen LogP contribution in [-0.4, -0.2) is 17.1 Å². The van der Waals surface area contributed by atoms with Gasteiger partial charge in [-0.3, -0.25) is 9.59 Å². The summed E-state index contributed by atoms with van der Waals surface area (Å²) in [5.74, 6) is -1.80. The fourth-order valence-corrected chi connectivity index (χ4v) is 3.76. The van der Waals surface area contributed by atoms with Crippen LogP contribution >= 0.6 is 11.8 Å². The Morgan fingerprint density at radius 3 is 2.59 bits per heavy atom. The number of hydrogen-bond acceptors (Lipinski definition) is 6. The summed E-state index contributed by atoms with van der Waals surface area (Å²) in [4.78, 5) is 24.7. The number of carbonyl (C=O) groups excluding carboxylic acids is 2. The minimum atomic E-state index is -0.977. The van der Waals surface area contributed by atoms with Gasteiger partial charge in [-0.05, 0) is 25.1 Å². The molecule has 0 unspecified atom stereocenters. The van der Waals surface area contributed by atoms with Gasteiger partial charge in [-0.2, -0.15) is 15.8 Å². The molecule has 2 atom stereocenters. The summed E-state index contributed by atoms with van der Waals surface area (Å²) < 4.78 is 0. The molecule has 1 aliphatic heterocycles. The molecule has 7 nitrogen and oxygen atoms in total. The molecule has 0 radical (unpaired) electrons. The number of nitrogens with one attached hydrogen (secondary N) is 2. The van der Waals surface area contributed by atoms with Gasteiger partial charge < -0.3 is 10.6 Å². The van der Waals surface area contributed by atoms with Crippen LogP contribution in [0.1, 0.15) is 26.3 Å². The van der Waals surface area contributed by atoms with Crippen LogP contribution in [-0.2, 0) is 9.59 Å². The van der Waals surface area contributed by atoms with Crippen molar-refractivity contribution in [3.63, 3.8) is 0 Å². The number of amides is 2. The molecular weight excluding hydrogens is 362 g/mol. The van der Waals surface area contributed by atoms with Gasteiger partial charge in [0.1, 0.15) is 5.92 Å². The molecule has 0 aliphatic carbocycles. The first kappa shape index (κ1) is 20.0. The first-order valence-corrected chi connectivity index (χ1v) is 8.95. The molecule has 0 saturated carbocycles. The van der Waals surface area contributed by atoms with Crippen molar-refractivity contribution >= 4 is 29.3 Å². The first-order chi connectivity index (χ1) is 12.7. The number of benzene rings is 1. The third-order valence-electron chi connectivity index (χ3n) is 4.26. The topological polar surface area (TPSA) is 130 Å². The zero-order valence-corrected chi connectivity index (χ0v) is 15.8. The number of nitriles is 3. The molecule has 27 heavy (non-hydrogen) atoms. The van der Waals surface area contributed by atoms with Gasteiger partial charge in [0.15, 0.2) is 0 Å². The molecule has 1 aromatic carbocycles. The van der Waals surface area contributed by atoms with Gasteiger partial charge in [-0.1, -0.05) is 31.7 Å². The Morgan fingerprint density at radius 1 is 1.30 bits per heavy atom. The molecule has 2 rings (SSSR count). The van der Waals surface area contributed by atoms with Crippen LogP contribution in [0.5, 0.6) is 0 Å². The molecule has 136 valence electrons. The van der Waals surface area contributed by atoms with E-state index in [1.54, 1.807) is 45.0 Å². The van der Waals surface area contributed by atoms with E-state index in [1.807, 2.05) is 12.1 Å². The second-order valence-corrected chi connectivity index (χ2v) is 7.88. The quantitative estimate of drug-likeness (QED) is 0.827. The lowest BCUT2D eigenvalue weighted by atomic mass is 9.72. The Morgan fingerprint density at radius 2 is 2.00 bits per heavy atom. The lowest BCUT2D eigenvalue weighted by Crippen LogP contribution is -2.45. The summed E-state index contributed by atoms with van der Waals surface area (Å²) in [6, 6.07) is 12.5. The predicted molar refractivity (Wildman–Crippen MR) is 101 cm³/mol. The Bertz CT molecular complexity index is 946. The maximum Gasteiger partial charge on any atom is 0.243 e. The fraction of sp³-hybridized carbons (Fsp3) is 0.316. The molecule has 1 aliphatic rings. The number of hydrogen-bond donors (Lipinski definition) is 2. The number of allylic oxidation sites excluding steroid dienone is 1. The number of nitrogens with zero attached hydrogens (tertiary/aromatic N) is 3. The first-order valence-electron chi connectivity index (χ1n) is 8.07. The highest BCUT2D eigenvalue weighted by molar-refractivity contribution is 8.04. The highest BCUT2D eigenvalue weighted by atomic mass is 32.2. The standard InChI is InChI=1S/C19H17N5O2S/c1-11(16(25)23-13-6-4-5-12(7-13)8-20)27-18-15(10-22)19(2,3)14(9-21)17(26)24-18/h4-7,11,14H,1-3H3,(H,23,25)(H,24,26)/t11-,14+/m1/s1. The normalized spacial score (nSPS) is 19.1. The van der Waals surface area contributed by atoms with Crippen molar-refractivity contribution in [3.8, 4) is 18.2 Å². The average Bonchev–Trinajstić information content (AvgIpc) is 2.61. The molecular formula is C19H17N5O2S. The summed E-state index contributed by atoms with van der Waals surface area (Å²) in [6.45, 7) is 4.97. The second kappa shape index (κ2) is 7.95. The van der Waals surface area contributed by atoms with E-state index in [2.05, 4.69) is 16.7 Å². The van der Waals surface area contributed by atoms with E-state index in [4.69, 9.17) is 5.26 Å². The molecule has 1 aromatic rings. The number of rotatable bonds is 4. The second-order valence-electron chi connectivity index (χ2n) is 6.53. The molecule has 2 amide bonds. The van der Waals surface area contributed by atoms with Gasteiger partial charge in [-0.15, -0.1) is 0 Å². The highest BCUT2D eigenvalue weighted by Crippen LogP contribution is 2.42. The van der Waals surface area contributed by atoms with Gasteiger partial charge in [-0.25, -0.2) is 0 Å². The van der Waals surface area contributed by atoms with Crippen LogP contribution in [0.2, 0.25) is 0 Å². The molecule has 0 aromatic heterocycles. The maximum atomic E-state index is 12.5. The van der Waals surface area contributed by atoms with E-state index < -0.39 is 22.5 Å². The Labute approximate surface area is 161 Å². The van der Waals surface area contributed by atoms with Crippen molar-refractivity contribution in [1.29, 1.82) is 15.8 Å². The summed E-state index contributed by atoms with van der Waals surface area (Å²) in [7, 11) is 0. The zero-order valence-electron chi connectivity index (χ0n) is 15.0. The highest BCUT2D eigenvalue weighted by Gasteiger charge is 2.45. The smallest absolute Gasteiger partial charge is 0.243 e. The molecule has 0 fully saturated rings. The zero-order chi connectivity index (χ0) is 20.2. The Hall–Kier alpha value is -3.28. The van der Waals surface area contributed by atoms with Crippen LogP contribution in [0, 0.1) is 45.3 Å². The van der Waals surface area contributed by atoms with E-state index in [-0.39, 0.29) is 16.5 Å². The third kappa shape index (κ3) is 4.11. The third-order valence-corrected chi connectivity index (χ3v) is 5.37. The van der Waals surface area contributed by atoms with Crippen molar-refractivity contribution in [2.45, 2.75) is 26.0 Å². The number of thioether (sulfide) groups is 1. The summed E-state index contributed by atoms with van der Waals surface area (Å²) >= 11 is 1.05. The van der Waals surface area contributed by atoms with E-state index in [1.165, 1.54) is 0 Å².